The SMILES string of the molecule is CCC/C=C\CO[C@@]1(c2ccc(Br)cc2)SC=C(C)n2c1noc2=O. The lowest BCUT2D eigenvalue weighted by atomic mass is 10.1. The number of aromatic nitrogens is 2. The highest BCUT2D eigenvalue weighted by Crippen LogP contribution is 2.47. The van der Waals surface area contributed by atoms with Gasteiger partial charge in [-0.25, -0.2) is 9.36 Å². The molecule has 0 saturated heterocycles. The molecule has 0 aliphatic carbocycles. The third kappa shape index (κ3) is 3.54. The molecule has 0 radical (unpaired) electrons. The molecule has 1 aliphatic heterocycles. The first-order chi connectivity index (χ1) is 12.1. The van der Waals surface area contributed by atoms with Crippen LogP contribution in [0.1, 0.15) is 38.1 Å². The Hall–Kier alpha value is -1.57. The zero-order chi connectivity index (χ0) is 17.9. The fraction of sp³-hybridized carbons (Fsp3) is 0.333. The molecule has 0 fully saturated rings. The first kappa shape index (κ1) is 18.2. The van der Waals surface area contributed by atoms with E-state index in [4.69, 9.17) is 9.26 Å². The molecule has 0 N–H and O–H groups in total. The highest BCUT2D eigenvalue weighted by Gasteiger charge is 2.44. The monoisotopic (exact) mass is 422 g/mol. The smallest absolute Gasteiger partial charge is 0.348 e. The minimum absolute atomic E-state index is 0.414. The number of ether oxygens (including phenoxy) is 1. The Morgan fingerprint density at radius 1 is 1.36 bits per heavy atom. The molecule has 1 aliphatic rings. The van der Waals surface area contributed by atoms with Crippen molar-refractivity contribution in [1.82, 2.24) is 9.72 Å². The van der Waals surface area contributed by atoms with Crippen molar-refractivity contribution in [3.63, 3.8) is 0 Å². The molecule has 2 heterocycles. The van der Waals surface area contributed by atoms with E-state index in [2.05, 4.69) is 34.1 Å². The van der Waals surface area contributed by atoms with E-state index < -0.39 is 10.7 Å². The van der Waals surface area contributed by atoms with Gasteiger partial charge in [-0.05, 0) is 30.9 Å². The van der Waals surface area contributed by atoms with Crippen LogP contribution < -0.4 is 5.76 Å². The number of thioether (sulfide) groups is 1. The van der Waals surface area contributed by atoms with Gasteiger partial charge in [-0.2, -0.15) is 0 Å². The average molecular weight is 423 g/mol. The van der Waals surface area contributed by atoms with Gasteiger partial charge in [0.2, 0.25) is 10.8 Å². The number of halogens is 1. The van der Waals surface area contributed by atoms with Gasteiger partial charge in [0.25, 0.3) is 0 Å². The van der Waals surface area contributed by atoms with E-state index in [-0.39, 0.29) is 0 Å². The summed E-state index contributed by atoms with van der Waals surface area (Å²) in [5, 5.41) is 5.93. The summed E-state index contributed by atoms with van der Waals surface area (Å²) in [7, 11) is 0. The number of nitrogens with zero attached hydrogens (tertiary/aromatic N) is 2. The summed E-state index contributed by atoms with van der Waals surface area (Å²) in [6, 6.07) is 7.82. The van der Waals surface area contributed by atoms with Gasteiger partial charge in [0.05, 0.1) is 6.61 Å². The molecule has 0 bridgehead atoms. The van der Waals surface area contributed by atoms with Crippen molar-refractivity contribution in [2.24, 2.45) is 0 Å². The number of allylic oxidation sites excluding steroid dienone is 2. The van der Waals surface area contributed by atoms with Crippen LogP contribution in [-0.4, -0.2) is 16.3 Å². The second-order valence-corrected chi connectivity index (χ2v) is 7.64. The van der Waals surface area contributed by atoms with Crippen LogP contribution in [0.25, 0.3) is 5.70 Å². The molecule has 2 aromatic rings. The highest BCUT2D eigenvalue weighted by atomic mass is 79.9. The third-order valence-electron chi connectivity index (χ3n) is 3.88. The molecule has 0 amide bonds. The lowest BCUT2D eigenvalue weighted by Gasteiger charge is -2.33. The molecule has 0 saturated carbocycles. The zero-order valence-electron chi connectivity index (χ0n) is 14.1. The van der Waals surface area contributed by atoms with E-state index in [1.165, 1.54) is 16.3 Å². The van der Waals surface area contributed by atoms with Crippen molar-refractivity contribution in [2.75, 3.05) is 6.61 Å². The lowest BCUT2D eigenvalue weighted by molar-refractivity contribution is 0.0642. The fourth-order valence-electron chi connectivity index (χ4n) is 2.61. The number of unbranched alkanes of at least 4 members (excludes halogenated alkanes) is 1. The van der Waals surface area contributed by atoms with Crippen LogP contribution in [0, 0.1) is 0 Å². The molecule has 3 rings (SSSR count). The number of benzene rings is 1. The predicted octanol–water partition coefficient (Wildman–Crippen LogP) is 4.74. The molecule has 0 unspecified atom stereocenters. The van der Waals surface area contributed by atoms with Crippen LogP contribution in [0.2, 0.25) is 0 Å². The molecule has 7 heteroatoms. The minimum Gasteiger partial charge on any atom is -0.348 e. The maximum absolute atomic E-state index is 12.1. The normalized spacial score (nSPS) is 19.9. The summed E-state index contributed by atoms with van der Waals surface area (Å²) in [4.78, 5) is 11.1. The van der Waals surface area contributed by atoms with Gasteiger partial charge in [-0.3, -0.25) is 4.52 Å². The van der Waals surface area contributed by atoms with E-state index in [9.17, 15) is 4.79 Å². The Morgan fingerprint density at radius 3 is 2.84 bits per heavy atom. The van der Waals surface area contributed by atoms with Crippen LogP contribution in [0.15, 0.2) is 55.6 Å². The van der Waals surface area contributed by atoms with Gasteiger partial charge in [-0.15, -0.1) is 0 Å². The van der Waals surface area contributed by atoms with Crippen molar-refractivity contribution in [3.8, 4) is 0 Å². The van der Waals surface area contributed by atoms with Gasteiger partial charge in [0, 0.05) is 15.7 Å². The summed E-state index contributed by atoms with van der Waals surface area (Å²) >= 11 is 4.94. The van der Waals surface area contributed by atoms with E-state index in [0.717, 1.165) is 28.6 Å². The quantitative estimate of drug-likeness (QED) is 0.629. The van der Waals surface area contributed by atoms with Gasteiger partial charge >= 0.3 is 5.76 Å². The van der Waals surface area contributed by atoms with Crippen molar-refractivity contribution in [3.05, 3.63) is 68.2 Å². The molecule has 132 valence electrons. The van der Waals surface area contributed by atoms with Crippen LogP contribution in [0.4, 0.5) is 0 Å². The fourth-order valence-corrected chi connectivity index (χ4v) is 3.96. The Labute approximate surface area is 158 Å². The van der Waals surface area contributed by atoms with Crippen LogP contribution in [0.5, 0.6) is 0 Å². The predicted molar refractivity (Wildman–Crippen MR) is 103 cm³/mol. The second kappa shape index (κ2) is 7.76. The zero-order valence-corrected chi connectivity index (χ0v) is 16.5. The molecule has 5 nitrogen and oxygen atoms in total. The topological polar surface area (TPSA) is 57.3 Å². The maximum Gasteiger partial charge on any atom is 0.446 e. The van der Waals surface area contributed by atoms with Crippen LogP contribution in [0.3, 0.4) is 0 Å². The molecule has 0 spiro atoms. The van der Waals surface area contributed by atoms with E-state index in [1.807, 2.05) is 42.7 Å². The first-order valence-corrected chi connectivity index (χ1v) is 9.75. The van der Waals surface area contributed by atoms with Gasteiger partial charge in [-0.1, -0.05) is 70.5 Å². The number of fused-ring (bicyclic) bond motifs is 1. The van der Waals surface area contributed by atoms with Crippen molar-refractivity contribution < 1.29 is 9.26 Å². The maximum atomic E-state index is 12.1. The summed E-state index contributed by atoms with van der Waals surface area (Å²) in [5.74, 6) is -0.0515. The Kier molecular flexibility index (Phi) is 5.66. The summed E-state index contributed by atoms with van der Waals surface area (Å²) in [6.07, 6.45) is 6.20. The Morgan fingerprint density at radius 2 is 2.12 bits per heavy atom. The number of hydrogen-bond acceptors (Lipinski definition) is 5. The standard InChI is InChI=1S/C18H19BrN2O3S/c1-3-4-5-6-11-23-18(14-7-9-15(19)10-8-14)16-20-24-17(22)21(16)13(2)12-25-18/h5-10,12H,3-4,11H2,1-2H3/b6-5-/t18-/m0/s1. The second-order valence-electron chi connectivity index (χ2n) is 5.68. The minimum atomic E-state index is -0.928. The number of hydrogen-bond donors (Lipinski definition) is 0. The highest BCUT2D eigenvalue weighted by molar-refractivity contribution is 9.10. The van der Waals surface area contributed by atoms with Crippen molar-refractivity contribution >= 4 is 33.4 Å². The van der Waals surface area contributed by atoms with E-state index in [1.54, 1.807) is 0 Å². The third-order valence-corrected chi connectivity index (χ3v) is 5.73. The molecule has 1 aromatic heterocycles. The lowest BCUT2D eigenvalue weighted by Crippen LogP contribution is -2.35. The molecule has 1 atom stereocenters. The molecular weight excluding hydrogens is 404 g/mol. The first-order valence-electron chi connectivity index (χ1n) is 8.07. The summed E-state index contributed by atoms with van der Waals surface area (Å²) in [6.45, 7) is 4.39. The van der Waals surface area contributed by atoms with Gasteiger partial charge in [0.1, 0.15) is 0 Å². The number of rotatable bonds is 6. The Balaban J connectivity index is 2.04. The van der Waals surface area contributed by atoms with Crippen molar-refractivity contribution in [1.29, 1.82) is 0 Å². The summed E-state index contributed by atoms with van der Waals surface area (Å²) in [5.41, 5.74) is 1.67. The van der Waals surface area contributed by atoms with E-state index >= 15 is 0 Å². The largest absolute Gasteiger partial charge is 0.446 e. The molecule has 1 aromatic carbocycles. The average Bonchev–Trinajstić information content (AvgIpc) is 3.01. The van der Waals surface area contributed by atoms with Crippen LogP contribution in [-0.2, 0) is 9.67 Å². The Bertz CT molecular complexity index is 854. The van der Waals surface area contributed by atoms with Crippen molar-refractivity contribution in [2.45, 2.75) is 31.6 Å². The van der Waals surface area contributed by atoms with Crippen LogP contribution >= 0.6 is 27.7 Å². The molecular formula is C18H19BrN2O3S. The van der Waals surface area contributed by atoms with Gasteiger partial charge in [0.15, 0.2) is 0 Å². The van der Waals surface area contributed by atoms with E-state index in [0.29, 0.717) is 12.4 Å². The molecule has 25 heavy (non-hydrogen) atoms. The van der Waals surface area contributed by atoms with Gasteiger partial charge < -0.3 is 4.74 Å². The summed E-state index contributed by atoms with van der Waals surface area (Å²) < 4.78 is 13.6.